The van der Waals surface area contributed by atoms with Crippen molar-refractivity contribution in [1.29, 1.82) is 0 Å². The van der Waals surface area contributed by atoms with Gasteiger partial charge < -0.3 is 20.9 Å². The number of likely N-dealkylation sites (N-methyl/N-ethyl adjacent to an activating group) is 1. The summed E-state index contributed by atoms with van der Waals surface area (Å²) in [6, 6.07) is -2.25. The Hall–Kier alpha value is -2.90. The number of rotatable bonds is 5. The van der Waals surface area contributed by atoms with Crippen LogP contribution in [0.2, 0.25) is 0 Å². The Morgan fingerprint density at radius 2 is 1.80 bits per heavy atom. The molecule has 0 radical (unpaired) electrons. The van der Waals surface area contributed by atoms with Gasteiger partial charge in [-0.1, -0.05) is 44.2 Å². The van der Waals surface area contributed by atoms with E-state index in [1.165, 1.54) is 11.0 Å². The Kier molecular flexibility index (Phi) is 10.6. The number of hydrogen-bond donors (Lipinski definition) is 3. The molecule has 1 fully saturated rings. The maximum atomic E-state index is 13.1. The third kappa shape index (κ3) is 7.85. The van der Waals surface area contributed by atoms with Gasteiger partial charge in [-0.25, -0.2) is 0 Å². The van der Waals surface area contributed by atoms with Gasteiger partial charge in [-0.2, -0.15) is 0 Å². The molecule has 1 rings (SSSR count). The predicted octanol–water partition coefficient (Wildman–Crippen LogP) is 1.06. The molecule has 8 nitrogen and oxygen atoms in total. The molecule has 1 aliphatic rings. The molecule has 0 aromatic carbocycles. The van der Waals surface area contributed by atoms with Gasteiger partial charge in [-0.15, -0.1) is 0 Å². The van der Waals surface area contributed by atoms with Crippen molar-refractivity contribution in [3.63, 3.8) is 0 Å². The Labute approximate surface area is 178 Å². The standard InChI is InChI=1S/C22H34N4O4/c1-6-7-8-9-10-13-18(27)25-17-12-11-14-23-20(28)16(4)24-21(29)19(15(2)3)26(5)22(17)30/h6-10,13,15-17,19H,11-12,14H2,1-5H3,(H,23,28)(H,24,29)(H,25,27)/b7-6+,9-8+,13-10+/t16-,17-,19-/m0/s1. The molecule has 1 heterocycles. The Balaban J connectivity index is 3.03. The van der Waals surface area contributed by atoms with Crippen LogP contribution in [0.1, 0.15) is 40.5 Å². The first-order valence-corrected chi connectivity index (χ1v) is 10.3. The Morgan fingerprint density at radius 3 is 2.43 bits per heavy atom. The highest BCUT2D eigenvalue weighted by molar-refractivity contribution is 5.96. The molecule has 0 aromatic heterocycles. The fourth-order valence-corrected chi connectivity index (χ4v) is 3.20. The molecule has 30 heavy (non-hydrogen) atoms. The predicted molar refractivity (Wildman–Crippen MR) is 116 cm³/mol. The van der Waals surface area contributed by atoms with Crippen LogP contribution in [-0.4, -0.2) is 60.2 Å². The third-order valence-electron chi connectivity index (χ3n) is 4.77. The fourth-order valence-electron chi connectivity index (χ4n) is 3.20. The van der Waals surface area contributed by atoms with Gasteiger partial charge in [0, 0.05) is 19.7 Å². The maximum absolute atomic E-state index is 13.1. The van der Waals surface area contributed by atoms with Crippen molar-refractivity contribution in [1.82, 2.24) is 20.9 Å². The van der Waals surface area contributed by atoms with Gasteiger partial charge in [-0.05, 0) is 32.6 Å². The van der Waals surface area contributed by atoms with Gasteiger partial charge in [0.2, 0.25) is 23.6 Å². The van der Waals surface area contributed by atoms with Gasteiger partial charge in [0.1, 0.15) is 18.1 Å². The number of nitrogens with zero attached hydrogens (tertiary/aromatic N) is 1. The average molecular weight is 419 g/mol. The van der Waals surface area contributed by atoms with Gasteiger partial charge in [0.25, 0.3) is 0 Å². The van der Waals surface area contributed by atoms with Crippen LogP contribution in [0.4, 0.5) is 0 Å². The van der Waals surface area contributed by atoms with Crippen LogP contribution in [-0.2, 0) is 19.2 Å². The molecule has 3 atom stereocenters. The third-order valence-corrected chi connectivity index (χ3v) is 4.77. The van der Waals surface area contributed by atoms with Crippen molar-refractivity contribution in [3.05, 3.63) is 36.5 Å². The Bertz CT molecular complexity index is 712. The quantitative estimate of drug-likeness (QED) is 0.458. The second-order valence-electron chi connectivity index (χ2n) is 7.63. The summed E-state index contributed by atoms with van der Waals surface area (Å²) in [7, 11) is 1.55. The molecule has 0 spiro atoms. The molecule has 4 amide bonds. The lowest BCUT2D eigenvalue weighted by atomic mass is 9.99. The monoisotopic (exact) mass is 418 g/mol. The molecular formula is C22H34N4O4. The van der Waals surface area contributed by atoms with Crippen LogP contribution in [0.5, 0.6) is 0 Å². The van der Waals surface area contributed by atoms with E-state index in [0.29, 0.717) is 19.4 Å². The van der Waals surface area contributed by atoms with E-state index in [2.05, 4.69) is 16.0 Å². The van der Waals surface area contributed by atoms with Crippen molar-refractivity contribution in [2.24, 2.45) is 5.92 Å². The first kappa shape index (κ1) is 25.1. The van der Waals surface area contributed by atoms with Crippen LogP contribution < -0.4 is 16.0 Å². The van der Waals surface area contributed by atoms with Crippen molar-refractivity contribution in [2.45, 2.75) is 58.7 Å². The molecule has 0 aromatic rings. The summed E-state index contributed by atoms with van der Waals surface area (Å²) in [6.07, 6.45) is 11.0. The number of nitrogens with one attached hydrogen (secondary N) is 3. The molecule has 0 saturated carbocycles. The minimum atomic E-state index is -0.797. The smallest absolute Gasteiger partial charge is 0.245 e. The average Bonchev–Trinajstić information content (AvgIpc) is 2.68. The van der Waals surface area contributed by atoms with E-state index in [4.69, 9.17) is 0 Å². The zero-order chi connectivity index (χ0) is 22.7. The van der Waals surface area contributed by atoms with E-state index in [9.17, 15) is 19.2 Å². The van der Waals surface area contributed by atoms with Crippen LogP contribution in [0.25, 0.3) is 0 Å². The van der Waals surface area contributed by atoms with E-state index in [-0.39, 0.29) is 17.7 Å². The van der Waals surface area contributed by atoms with Gasteiger partial charge in [-0.3, -0.25) is 19.2 Å². The van der Waals surface area contributed by atoms with Crippen molar-refractivity contribution >= 4 is 23.6 Å². The van der Waals surface area contributed by atoms with Gasteiger partial charge in [0.15, 0.2) is 0 Å². The first-order valence-electron chi connectivity index (χ1n) is 10.3. The number of amides is 4. The summed E-state index contributed by atoms with van der Waals surface area (Å²) in [6.45, 7) is 7.51. The maximum Gasteiger partial charge on any atom is 0.245 e. The highest BCUT2D eigenvalue weighted by atomic mass is 16.2. The highest BCUT2D eigenvalue weighted by Crippen LogP contribution is 2.14. The lowest BCUT2D eigenvalue weighted by Crippen LogP contribution is -2.58. The normalized spacial score (nSPS) is 24.8. The number of carbonyl (C=O) groups excluding carboxylic acids is 4. The minimum absolute atomic E-state index is 0.176. The zero-order valence-electron chi connectivity index (χ0n) is 18.5. The molecule has 0 aliphatic carbocycles. The second-order valence-corrected chi connectivity index (χ2v) is 7.63. The summed E-state index contributed by atoms with van der Waals surface area (Å²) in [5.41, 5.74) is 0. The molecule has 3 N–H and O–H groups in total. The summed E-state index contributed by atoms with van der Waals surface area (Å²) in [5, 5.41) is 8.14. The zero-order valence-corrected chi connectivity index (χ0v) is 18.5. The molecule has 1 saturated heterocycles. The summed E-state index contributed by atoms with van der Waals surface area (Å²) >= 11 is 0. The van der Waals surface area contributed by atoms with E-state index in [1.54, 1.807) is 32.2 Å². The summed E-state index contributed by atoms with van der Waals surface area (Å²) in [5.74, 6) is -1.60. The minimum Gasteiger partial charge on any atom is -0.354 e. The van der Waals surface area contributed by atoms with E-state index >= 15 is 0 Å². The topological polar surface area (TPSA) is 108 Å². The lowest BCUT2D eigenvalue weighted by molar-refractivity contribution is -0.144. The number of hydrogen-bond acceptors (Lipinski definition) is 4. The van der Waals surface area contributed by atoms with E-state index < -0.39 is 29.9 Å². The SMILES string of the molecule is C/C=C/C=C/C=C/C(=O)N[C@H]1CCCNC(=O)[C@H](C)NC(=O)[C@H](C(C)C)N(C)C1=O. The molecule has 0 bridgehead atoms. The van der Waals surface area contributed by atoms with E-state index in [0.717, 1.165) is 0 Å². The van der Waals surface area contributed by atoms with Gasteiger partial charge >= 0.3 is 0 Å². The second kappa shape index (κ2) is 12.6. The Morgan fingerprint density at radius 1 is 1.13 bits per heavy atom. The molecule has 0 unspecified atom stereocenters. The van der Waals surface area contributed by atoms with Crippen molar-refractivity contribution in [3.8, 4) is 0 Å². The molecular weight excluding hydrogens is 384 g/mol. The van der Waals surface area contributed by atoms with Crippen molar-refractivity contribution < 1.29 is 19.2 Å². The van der Waals surface area contributed by atoms with Crippen LogP contribution in [0.15, 0.2) is 36.5 Å². The first-order chi connectivity index (χ1) is 14.2. The molecule has 166 valence electrons. The summed E-state index contributed by atoms with van der Waals surface area (Å²) in [4.78, 5) is 51.7. The fraction of sp³-hybridized carbons (Fsp3) is 0.545. The van der Waals surface area contributed by atoms with E-state index in [1.807, 2.05) is 32.9 Å². The van der Waals surface area contributed by atoms with Crippen LogP contribution >= 0.6 is 0 Å². The van der Waals surface area contributed by atoms with Gasteiger partial charge in [0.05, 0.1) is 0 Å². The molecule has 1 aliphatic heterocycles. The largest absolute Gasteiger partial charge is 0.354 e. The van der Waals surface area contributed by atoms with Crippen LogP contribution in [0, 0.1) is 5.92 Å². The number of carbonyl (C=O) groups is 4. The highest BCUT2D eigenvalue weighted by Gasteiger charge is 2.35. The lowest BCUT2D eigenvalue weighted by Gasteiger charge is -2.34. The van der Waals surface area contributed by atoms with Crippen LogP contribution in [0.3, 0.4) is 0 Å². The summed E-state index contributed by atoms with van der Waals surface area (Å²) < 4.78 is 0. The number of allylic oxidation sites excluding steroid dienone is 5. The molecule has 8 heteroatoms. The van der Waals surface area contributed by atoms with Crippen molar-refractivity contribution in [2.75, 3.05) is 13.6 Å².